The molecule has 0 aliphatic rings. The van der Waals surface area contributed by atoms with Gasteiger partial charge in [-0.1, -0.05) is 0 Å². The fourth-order valence-electron chi connectivity index (χ4n) is 1.63. The topological polar surface area (TPSA) is 83.6 Å². The molecule has 1 amide bonds. The third-order valence-electron chi connectivity index (χ3n) is 2.69. The van der Waals surface area contributed by atoms with Crippen molar-refractivity contribution in [3.8, 4) is 0 Å². The zero-order chi connectivity index (χ0) is 16.4. The summed E-state index contributed by atoms with van der Waals surface area (Å²) in [6.07, 6.45) is -4.15. The zero-order valence-corrected chi connectivity index (χ0v) is 10.8. The SMILES string of the molecule is CCN(C(=O)C(F)(F)C(F)F)c1ccc(C(=O)O)cc1N. The molecule has 0 bridgehead atoms. The summed E-state index contributed by atoms with van der Waals surface area (Å²) < 4.78 is 50.7. The normalized spacial score (nSPS) is 11.5. The highest BCUT2D eigenvalue weighted by molar-refractivity contribution is 6.01. The number of halogens is 4. The van der Waals surface area contributed by atoms with Crippen molar-refractivity contribution in [2.75, 3.05) is 17.2 Å². The Kier molecular flexibility index (Phi) is 4.77. The molecule has 0 aliphatic heterocycles. The number of nitrogens with zero attached hydrogens (tertiary/aromatic N) is 1. The summed E-state index contributed by atoms with van der Waals surface area (Å²) in [4.78, 5) is 22.6. The second-order valence-corrected chi connectivity index (χ2v) is 4.05. The van der Waals surface area contributed by atoms with Crippen molar-refractivity contribution >= 4 is 23.3 Å². The van der Waals surface area contributed by atoms with E-state index in [-0.39, 0.29) is 23.5 Å². The number of rotatable bonds is 5. The van der Waals surface area contributed by atoms with Gasteiger partial charge in [-0.25, -0.2) is 13.6 Å². The Hall–Kier alpha value is -2.32. The minimum Gasteiger partial charge on any atom is -0.478 e. The van der Waals surface area contributed by atoms with Crippen molar-refractivity contribution in [3.63, 3.8) is 0 Å². The van der Waals surface area contributed by atoms with E-state index in [1.54, 1.807) is 0 Å². The van der Waals surface area contributed by atoms with Crippen LogP contribution in [0, 0.1) is 0 Å². The molecule has 21 heavy (non-hydrogen) atoms. The van der Waals surface area contributed by atoms with Gasteiger partial charge in [0.25, 0.3) is 0 Å². The molecule has 3 N–H and O–H groups in total. The van der Waals surface area contributed by atoms with E-state index in [9.17, 15) is 27.2 Å². The van der Waals surface area contributed by atoms with E-state index in [0.29, 0.717) is 4.90 Å². The van der Waals surface area contributed by atoms with E-state index in [2.05, 4.69) is 0 Å². The van der Waals surface area contributed by atoms with Gasteiger partial charge in [-0.3, -0.25) is 4.79 Å². The number of hydrogen-bond donors (Lipinski definition) is 2. The highest BCUT2D eigenvalue weighted by Gasteiger charge is 2.51. The zero-order valence-electron chi connectivity index (χ0n) is 10.8. The molecular weight excluding hydrogens is 296 g/mol. The van der Waals surface area contributed by atoms with Crippen LogP contribution in [-0.2, 0) is 4.79 Å². The molecular formula is C12H12F4N2O3. The highest BCUT2D eigenvalue weighted by atomic mass is 19.3. The van der Waals surface area contributed by atoms with Crippen LogP contribution in [0.15, 0.2) is 18.2 Å². The number of nitrogen functional groups attached to an aromatic ring is 1. The molecule has 1 rings (SSSR count). The lowest BCUT2D eigenvalue weighted by atomic mass is 10.1. The average molecular weight is 308 g/mol. The Morgan fingerprint density at radius 3 is 2.33 bits per heavy atom. The third kappa shape index (κ3) is 3.23. The summed E-state index contributed by atoms with van der Waals surface area (Å²) >= 11 is 0. The third-order valence-corrected chi connectivity index (χ3v) is 2.69. The van der Waals surface area contributed by atoms with Gasteiger partial charge in [0.1, 0.15) is 0 Å². The van der Waals surface area contributed by atoms with Crippen molar-refractivity contribution in [2.24, 2.45) is 0 Å². The molecule has 0 saturated heterocycles. The highest BCUT2D eigenvalue weighted by Crippen LogP contribution is 2.31. The molecule has 5 nitrogen and oxygen atoms in total. The van der Waals surface area contributed by atoms with E-state index >= 15 is 0 Å². The van der Waals surface area contributed by atoms with Crippen LogP contribution in [0.5, 0.6) is 0 Å². The molecule has 0 fully saturated rings. The van der Waals surface area contributed by atoms with Crippen LogP contribution in [0.1, 0.15) is 17.3 Å². The molecule has 0 spiro atoms. The van der Waals surface area contributed by atoms with Gasteiger partial charge in [-0.05, 0) is 25.1 Å². The van der Waals surface area contributed by atoms with Crippen molar-refractivity contribution in [1.82, 2.24) is 0 Å². The summed E-state index contributed by atoms with van der Waals surface area (Å²) in [6.45, 7) is 0.960. The van der Waals surface area contributed by atoms with E-state index < -0.39 is 24.2 Å². The number of carbonyl (C=O) groups excluding carboxylic acids is 1. The molecule has 0 radical (unpaired) electrons. The minimum atomic E-state index is -4.85. The first kappa shape index (κ1) is 16.7. The minimum absolute atomic E-state index is 0.222. The second kappa shape index (κ2) is 5.98. The van der Waals surface area contributed by atoms with Gasteiger partial charge in [-0.2, -0.15) is 8.78 Å². The average Bonchev–Trinajstić information content (AvgIpc) is 2.40. The number of anilines is 2. The monoisotopic (exact) mass is 308 g/mol. The van der Waals surface area contributed by atoms with Gasteiger partial charge in [0, 0.05) is 6.54 Å². The van der Waals surface area contributed by atoms with Gasteiger partial charge in [0.2, 0.25) is 0 Å². The number of hydrogen-bond acceptors (Lipinski definition) is 3. The number of carboxylic acids is 1. The quantitative estimate of drug-likeness (QED) is 0.645. The number of nitrogens with two attached hydrogens (primary N) is 1. The lowest BCUT2D eigenvalue weighted by Gasteiger charge is -2.26. The fraction of sp³-hybridized carbons (Fsp3) is 0.333. The first-order valence-corrected chi connectivity index (χ1v) is 5.73. The van der Waals surface area contributed by atoms with Gasteiger partial charge in [0.15, 0.2) is 0 Å². The van der Waals surface area contributed by atoms with E-state index in [1.807, 2.05) is 0 Å². The van der Waals surface area contributed by atoms with Gasteiger partial charge in [0.05, 0.1) is 16.9 Å². The number of aromatic carboxylic acids is 1. The molecule has 0 aromatic heterocycles. The van der Waals surface area contributed by atoms with Crippen LogP contribution in [0.2, 0.25) is 0 Å². The van der Waals surface area contributed by atoms with Crippen molar-refractivity contribution < 1.29 is 32.3 Å². The van der Waals surface area contributed by atoms with Gasteiger partial charge >= 0.3 is 24.2 Å². The van der Waals surface area contributed by atoms with Crippen molar-refractivity contribution in [3.05, 3.63) is 23.8 Å². The Morgan fingerprint density at radius 2 is 1.95 bits per heavy atom. The molecule has 9 heteroatoms. The molecule has 1 aromatic carbocycles. The number of amides is 1. The summed E-state index contributed by atoms with van der Waals surface area (Å²) in [6, 6.07) is 3.00. The van der Waals surface area contributed by atoms with Gasteiger partial charge < -0.3 is 15.7 Å². The predicted octanol–water partition coefficient (Wildman–Crippen LogP) is 2.22. The van der Waals surface area contributed by atoms with Crippen LogP contribution >= 0.6 is 0 Å². The maximum atomic E-state index is 13.1. The Bertz CT molecular complexity index is 563. The molecule has 1 aromatic rings. The fourth-order valence-corrected chi connectivity index (χ4v) is 1.63. The Morgan fingerprint density at radius 1 is 1.38 bits per heavy atom. The van der Waals surface area contributed by atoms with Crippen LogP contribution in [0.4, 0.5) is 28.9 Å². The largest absolute Gasteiger partial charge is 0.478 e. The van der Waals surface area contributed by atoms with Crippen molar-refractivity contribution in [1.29, 1.82) is 0 Å². The first-order chi connectivity index (χ1) is 9.62. The van der Waals surface area contributed by atoms with Gasteiger partial charge in [-0.15, -0.1) is 0 Å². The summed E-state index contributed by atoms with van der Waals surface area (Å²) in [5.41, 5.74) is 4.74. The van der Waals surface area contributed by atoms with Crippen LogP contribution in [0.3, 0.4) is 0 Å². The van der Waals surface area contributed by atoms with Crippen LogP contribution in [-0.4, -0.2) is 35.9 Å². The number of alkyl halides is 4. The molecule has 0 unspecified atom stereocenters. The maximum Gasteiger partial charge on any atom is 0.384 e. The lowest BCUT2D eigenvalue weighted by molar-refractivity contribution is -0.166. The molecule has 0 atom stereocenters. The van der Waals surface area contributed by atoms with E-state index in [0.717, 1.165) is 18.2 Å². The first-order valence-electron chi connectivity index (χ1n) is 5.73. The summed E-state index contributed by atoms with van der Waals surface area (Å²) in [5, 5.41) is 8.75. The number of carboxylic acid groups (broad SMARTS) is 1. The number of carbonyl (C=O) groups is 2. The summed E-state index contributed by atoms with van der Waals surface area (Å²) in [5.74, 6) is -8.26. The van der Waals surface area contributed by atoms with Crippen LogP contribution < -0.4 is 10.6 Å². The van der Waals surface area contributed by atoms with Crippen LogP contribution in [0.25, 0.3) is 0 Å². The number of benzene rings is 1. The van der Waals surface area contributed by atoms with E-state index in [4.69, 9.17) is 10.8 Å². The smallest absolute Gasteiger partial charge is 0.384 e. The lowest BCUT2D eigenvalue weighted by Crippen LogP contribution is -2.48. The standard InChI is InChI=1S/C12H12F4N2O3/c1-2-18(11(21)12(15,16)10(13)14)8-4-3-6(9(19)20)5-7(8)17/h3-5,10H,2,17H2,1H3,(H,19,20). The molecule has 0 aliphatic carbocycles. The maximum absolute atomic E-state index is 13.1. The second-order valence-electron chi connectivity index (χ2n) is 4.05. The predicted molar refractivity (Wildman–Crippen MR) is 66.8 cm³/mol. The van der Waals surface area contributed by atoms with Crippen molar-refractivity contribution in [2.45, 2.75) is 19.3 Å². The molecule has 0 saturated carbocycles. The summed E-state index contributed by atoms with van der Waals surface area (Å²) in [7, 11) is 0. The molecule has 116 valence electrons. The van der Waals surface area contributed by atoms with E-state index in [1.165, 1.54) is 6.92 Å². The Balaban J connectivity index is 3.23. The molecule has 0 heterocycles. The Labute approximate surface area is 117 Å².